The van der Waals surface area contributed by atoms with Crippen molar-refractivity contribution < 1.29 is 0 Å². The van der Waals surface area contributed by atoms with Crippen molar-refractivity contribution in [3.8, 4) is 11.3 Å². The fourth-order valence-corrected chi connectivity index (χ4v) is 3.64. The van der Waals surface area contributed by atoms with Crippen molar-refractivity contribution in [3.05, 3.63) is 59.6 Å². The molecular weight excluding hydrogens is 316 g/mol. The topological polar surface area (TPSA) is 24.9 Å². The fraction of sp³-hybridized carbons (Fsp3) is 0.286. The number of fused-ring (bicyclic) bond motifs is 1. The van der Waals surface area contributed by atoms with Crippen LogP contribution in [0, 0.1) is 0 Å². The van der Waals surface area contributed by atoms with Gasteiger partial charge in [0.05, 0.1) is 5.69 Å². The Morgan fingerprint density at radius 2 is 1.67 bits per heavy atom. The fourth-order valence-electron chi connectivity index (χ4n) is 3.52. The number of anilines is 1. The molecule has 0 bridgehead atoms. The molecule has 0 unspecified atom stereocenters. The number of hydrogen-bond donors (Lipinski definition) is 1. The first-order valence-electron chi connectivity index (χ1n) is 8.72. The lowest BCUT2D eigenvalue weighted by Gasteiger charge is -2.24. The summed E-state index contributed by atoms with van der Waals surface area (Å²) >= 11 is 6.02. The number of rotatable bonds is 3. The molecule has 1 N–H and O–H groups in total. The first-order chi connectivity index (χ1) is 11.8. The number of halogens is 1. The third kappa shape index (κ3) is 3.25. The highest BCUT2D eigenvalue weighted by molar-refractivity contribution is 6.30. The molecule has 0 amide bonds. The van der Waals surface area contributed by atoms with Crippen LogP contribution in [-0.4, -0.2) is 11.0 Å². The second-order valence-corrected chi connectivity index (χ2v) is 7.00. The van der Waals surface area contributed by atoms with Crippen molar-refractivity contribution in [3.63, 3.8) is 0 Å². The van der Waals surface area contributed by atoms with Gasteiger partial charge in [0, 0.05) is 22.0 Å². The highest BCUT2D eigenvalue weighted by atomic mass is 35.5. The van der Waals surface area contributed by atoms with Crippen LogP contribution in [0.2, 0.25) is 5.02 Å². The van der Waals surface area contributed by atoms with Gasteiger partial charge in [-0.2, -0.15) is 0 Å². The first kappa shape index (κ1) is 15.5. The second kappa shape index (κ2) is 6.82. The molecule has 0 aliphatic heterocycles. The summed E-state index contributed by atoms with van der Waals surface area (Å²) in [5.41, 5.74) is 2.08. The average Bonchev–Trinajstić information content (AvgIpc) is 2.63. The summed E-state index contributed by atoms with van der Waals surface area (Å²) in [6, 6.07) is 19.1. The minimum atomic E-state index is 0.537. The van der Waals surface area contributed by atoms with E-state index < -0.39 is 0 Å². The molecule has 0 atom stereocenters. The lowest BCUT2D eigenvalue weighted by atomic mass is 9.95. The van der Waals surface area contributed by atoms with E-state index in [9.17, 15) is 0 Å². The van der Waals surface area contributed by atoms with Crippen molar-refractivity contribution >= 4 is 28.2 Å². The van der Waals surface area contributed by atoms with Crippen LogP contribution in [-0.2, 0) is 0 Å². The zero-order valence-electron chi connectivity index (χ0n) is 13.6. The standard InChI is InChI=1S/C21H21ClN2/c22-17-12-10-15(11-13-17)20-14-16-6-4-5-9-19(16)21(24-20)23-18-7-2-1-3-8-18/h4-6,9-14,18H,1-3,7-8H2,(H,23,24). The molecule has 2 nitrogen and oxygen atoms in total. The third-order valence-corrected chi connectivity index (χ3v) is 5.08. The van der Waals surface area contributed by atoms with Crippen LogP contribution in [0.3, 0.4) is 0 Å². The summed E-state index contributed by atoms with van der Waals surface area (Å²) < 4.78 is 0. The Bertz CT molecular complexity index is 836. The molecule has 2 aromatic carbocycles. The van der Waals surface area contributed by atoms with Crippen molar-refractivity contribution in [2.24, 2.45) is 0 Å². The molecule has 3 heteroatoms. The van der Waals surface area contributed by atoms with Gasteiger partial charge in [0.1, 0.15) is 5.82 Å². The molecule has 0 radical (unpaired) electrons. The van der Waals surface area contributed by atoms with E-state index in [4.69, 9.17) is 16.6 Å². The van der Waals surface area contributed by atoms with Gasteiger partial charge in [-0.15, -0.1) is 0 Å². The van der Waals surface area contributed by atoms with Gasteiger partial charge >= 0.3 is 0 Å². The van der Waals surface area contributed by atoms with E-state index in [0.717, 1.165) is 22.1 Å². The molecule has 1 aliphatic rings. The molecule has 0 saturated heterocycles. The van der Waals surface area contributed by atoms with Gasteiger partial charge in [-0.3, -0.25) is 0 Å². The third-order valence-electron chi connectivity index (χ3n) is 4.83. The normalized spacial score (nSPS) is 15.5. The highest BCUT2D eigenvalue weighted by Gasteiger charge is 2.15. The molecule has 1 fully saturated rings. The monoisotopic (exact) mass is 336 g/mol. The van der Waals surface area contributed by atoms with E-state index in [2.05, 4.69) is 35.6 Å². The summed E-state index contributed by atoms with van der Waals surface area (Å²) in [6.07, 6.45) is 6.46. The number of nitrogens with one attached hydrogen (secondary N) is 1. The van der Waals surface area contributed by atoms with E-state index in [1.807, 2.05) is 24.3 Å². The van der Waals surface area contributed by atoms with Gasteiger partial charge in [-0.05, 0) is 36.4 Å². The average molecular weight is 337 g/mol. The first-order valence-corrected chi connectivity index (χ1v) is 9.10. The van der Waals surface area contributed by atoms with Crippen LogP contribution in [0.5, 0.6) is 0 Å². The summed E-state index contributed by atoms with van der Waals surface area (Å²) in [7, 11) is 0. The van der Waals surface area contributed by atoms with Crippen molar-refractivity contribution in [1.29, 1.82) is 0 Å². The quantitative estimate of drug-likeness (QED) is 0.607. The van der Waals surface area contributed by atoms with E-state index in [1.54, 1.807) is 0 Å². The Balaban J connectivity index is 1.76. The molecule has 1 saturated carbocycles. The highest BCUT2D eigenvalue weighted by Crippen LogP contribution is 2.30. The summed E-state index contributed by atoms with van der Waals surface area (Å²) in [6.45, 7) is 0. The van der Waals surface area contributed by atoms with E-state index in [1.165, 1.54) is 42.9 Å². The minimum Gasteiger partial charge on any atom is -0.367 e. The van der Waals surface area contributed by atoms with Crippen molar-refractivity contribution in [2.75, 3.05) is 5.32 Å². The number of pyridine rings is 1. The molecule has 4 rings (SSSR count). The lowest BCUT2D eigenvalue weighted by molar-refractivity contribution is 0.462. The molecule has 122 valence electrons. The number of benzene rings is 2. The Morgan fingerprint density at radius 1 is 0.917 bits per heavy atom. The van der Waals surface area contributed by atoms with Crippen LogP contribution in [0.1, 0.15) is 32.1 Å². The molecular formula is C21H21ClN2. The molecule has 1 aromatic heterocycles. The molecule has 24 heavy (non-hydrogen) atoms. The van der Waals surface area contributed by atoms with E-state index >= 15 is 0 Å². The predicted octanol–water partition coefficient (Wildman–Crippen LogP) is 6.30. The number of aromatic nitrogens is 1. The molecule has 1 heterocycles. The van der Waals surface area contributed by atoms with Crippen LogP contribution >= 0.6 is 11.6 Å². The largest absolute Gasteiger partial charge is 0.367 e. The Labute approximate surface area is 147 Å². The molecule has 0 spiro atoms. The summed E-state index contributed by atoms with van der Waals surface area (Å²) in [4.78, 5) is 4.94. The van der Waals surface area contributed by atoms with Gasteiger partial charge in [0.2, 0.25) is 0 Å². The van der Waals surface area contributed by atoms with Crippen molar-refractivity contribution in [2.45, 2.75) is 38.1 Å². The van der Waals surface area contributed by atoms with Crippen LogP contribution in [0.25, 0.3) is 22.0 Å². The van der Waals surface area contributed by atoms with Gasteiger partial charge in [0.15, 0.2) is 0 Å². The van der Waals surface area contributed by atoms with E-state index in [-0.39, 0.29) is 0 Å². The number of hydrogen-bond acceptors (Lipinski definition) is 2. The van der Waals surface area contributed by atoms with Gasteiger partial charge in [-0.25, -0.2) is 4.98 Å². The Hall–Kier alpha value is -2.06. The minimum absolute atomic E-state index is 0.537. The van der Waals surface area contributed by atoms with Gasteiger partial charge in [-0.1, -0.05) is 67.3 Å². The van der Waals surface area contributed by atoms with Gasteiger partial charge in [0.25, 0.3) is 0 Å². The molecule has 1 aliphatic carbocycles. The molecule has 3 aromatic rings. The zero-order chi connectivity index (χ0) is 16.4. The Morgan fingerprint density at radius 3 is 2.46 bits per heavy atom. The summed E-state index contributed by atoms with van der Waals surface area (Å²) in [5, 5.41) is 6.87. The van der Waals surface area contributed by atoms with Crippen LogP contribution in [0.4, 0.5) is 5.82 Å². The van der Waals surface area contributed by atoms with E-state index in [0.29, 0.717) is 6.04 Å². The SMILES string of the molecule is Clc1ccc(-c2cc3ccccc3c(NC3CCCCC3)n2)cc1. The maximum atomic E-state index is 6.02. The lowest BCUT2D eigenvalue weighted by Crippen LogP contribution is -2.23. The number of nitrogens with zero attached hydrogens (tertiary/aromatic N) is 1. The predicted molar refractivity (Wildman–Crippen MR) is 103 cm³/mol. The second-order valence-electron chi connectivity index (χ2n) is 6.56. The van der Waals surface area contributed by atoms with Gasteiger partial charge < -0.3 is 5.32 Å². The van der Waals surface area contributed by atoms with Crippen molar-refractivity contribution in [1.82, 2.24) is 4.98 Å². The van der Waals surface area contributed by atoms with Crippen LogP contribution in [0.15, 0.2) is 54.6 Å². The Kier molecular flexibility index (Phi) is 4.40. The maximum absolute atomic E-state index is 6.02. The smallest absolute Gasteiger partial charge is 0.134 e. The van der Waals surface area contributed by atoms with Crippen LogP contribution < -0.4 is 5.32 Å². The maximum Gasteiger partial charge on any atom is 0.134 e. The zero-order valence-corrected chi connectivity index (χ0v) is 14.4. The summed E-state index contributed by atoms with van der Waals surface area (Å²) in [5.74, 6) is 1.00.